The molecule has 0 bridgehead atoms. The Morgan fingerprint density at radius 1 is 0.449 bits per heavy atom. The molecule has 0 aromatic rings. The molecule has 0 aliphatic heterocycles. The van der Waals surface area contributed by atoms with Crippen LogP contribution in [-0.4, -0.2) is 75.5 Å². The number of ether oxygens (including phenoxy) is 3. The maximum atomic E-state index is 12.8. The van der Waals surface area contributed by atoms with Crippen LogP contribution >= 0.6 is 0 Å². The summed E-state index contributed by atoms with van der Waals surface area (Å²) in [5.74, 6) is -1.74. The van der Waals surface area contributed by atoms with E-state index in [0.717, 1.165) is 70.6 Å². The summed E-state index contributed by atoms with van der Waals surface area (Å²) < 4.78 is 17.3. The second kappa shape index (κ2) is 51.4. The molecule has 0 saturated carbocycles. The fourth-order valence-corrected chi connectivity index (χ4v) is 8.47. The van der Waals surface area contributed by atoms with Crippen LogP contribution in [0.4, 0.5) is 0 Å². The molecule has 0 saturated heterocycles. The summed E-state index contributed by atoms with van der Waals surface area (Å²) in [4.78, 5) is 37.2. The summed E-state index contributed by atoms with van der Waals surface area (Å²) in [5, 5.41) is 11.7. The Kier molecular flexibility index (Phi) is 49.2. The summed E-state index contributed by atoms with van der Waals surface area (Å²) in [6.45, 7) is 4.58. The van der Waals surface area contributed by atoms with Gasteiger partial charge >= 0.3 is 11.9 Å². The van der Waals surface area contributed by atoms with Gasteiger partial charge in [-0.1, -0.05) is 222 Å². The van der Waals surface area contributed by atoms with Gasteiger partial charge in [-0.05, 0) is 77.0 Å². The molecule has 0 aliphatic rings. The molecule has 0 spiro atoms. The highest BCUT2D eigenvalue weighted by Crippen LogP contribution is 2.16. The number of carboxylic acids is 1. The quantitative estimate of drug-likeness (QED) is 0.0259. The lowest BCUT2D eigenvalue weighted by atomic mass is 10.0. The fraction of sp³-hybridized carbons (Fsp3) is 0.787. The van der Waals surface area contributed by atoms with Crippen LogP contribution in [0, 0.1) is 0 Å². The van der Waals surface area contributed by atoms with Crippen LogP contribution < -0.4 is 5.11 Å². The van der Waals surface area contributed by atoms with Crippen LogP contribution in [0.1, 0.15) is 258 Å². The van der Waals surface area contributed by atoms with E-state index in [2.05, 4.69) is 74.6 Å². The van der Waals surface area contributed by atoms with Gasteiger partial charge in [0.2, 0.25) is 0 Å². The fourth-order valence-electron chi connectivity index (χ4n) is 8.47. The molecule has 0 fully saturated rings. The van der Waals surface area contributed by atoms with Gasteiger partial charge in [0.25, 0.3) is 0 Å². The number of carbonyl (C=O) groups is 3. The third kappa shape index (κ3) is 49.8. The molecule has 2 unspecified atom stereocenters. The Labute approximate surface area is 426 Å². The van der Waals surface area contributed by atoms with Crippen molar-refractivity contribution >= 4 is 17.9 Å². The van der Waals surface area contributed by atoms with Crippen molar-refractivity contribution < 1.29 is 38.2 Å². The number of hydrogen-bond acceptors (Lipinski definition) is 7. The molecule has 8 nitrogen and oxygen atoms in total. The summed E-state index contributed by atoms with van der Waals surface area (Å²) in [7, 11) is 5.42. The maximum absolute atomic E-state index is 12.8. The lowest BCUT2D eigenvalue weighted by Gasteiger charge is -2.34. The highest BCUT2D eigenvalue weighted by Gasteiger charge is 2.25. The molecule has 0 radical (unpaired) electrons. The minimum atomic E-state index is -1.12. The zero-order valence-electron chi connectivity index (χ0n) is 45.7. The molecule has 0 heterocycles. The standard InChI is InChI=1S/C61H109NO7/c1-6-8-10-12-14-16-18-20-22-24-26-28-30-32-34-36-38-40-42-44-46-48-50-52-60(64)69-57(55-67-54-53-58(61(65)66)62(3,4)5)56-68-59(63)51-49-47-45-43-41-39-37-35-33-31-29-27-25-23-21-19-17-15-13-11-9-7-2/h8,10,14,16,20,22,25,27,31,33,57-58H,6-7,9,11-13,15,17-19,21,23-24,26,28-30,32,34-56H2,1-5H3/b10-8+,16-14+,22-20+,27-25+,33-31+. The molecule has 0 amide bonds. The minimum Gasteiger partial charge on any atom is -0.544 e. The Balaban J connectivity index is 4.18. The zero-order valence-corrected chi connectivity index (χ0v) is 45.7. The SMILES string of the molecule is CC/C=C/C/C=C/C/C=C/CCCCCCCCCCCCCCCC(=O)OC(COCCC(C(=O)[O-])[N+](C)(C)C)COC(=O)CCCCCCCCC/C=C/C/C=C/CCCCCCCCCC. The number of allylic oxidation sites excluding steroid dienone is 10. The van der Waals surface area contributed by atoms with Crippen molar-refractivity contribution in [3.05, 3.63) is 60.8 Å². The predicted octanol–water partition coefficient (Wildman–Crippen LogP) is 15.9. The molecule has 0 aliphatic carbocycles. The van der Waals surface area contributed by atoms with Crippen LogP contribution in [0.5, 0.6) is 0 Å². The lowest BCUT2D eigenvalue weighted by molar-refractivity contribution is -0.889. The molecule has 0 aromatic heterocycles. The maximum Gasteiger partial charge on any atom is 0.306 e. The molecule has 8 heteroatoms. The first-order valence-electron chi connectivity index (χ1n) is 28.8. The van der Waals surface area contributed by atoms with Crippen molar-refractivity contribution in [2.75, 3.05) is 41.0 Å². The van der Waals surface area contributed by atoms with E-state index < -0.39 is 18.1 Å². The molecule has 0 aromatic carbocycles. The molecular formula is C61H109NO7. The van der Waals surface area contributed by atoms with Crippen molar-refractivity contribution in [1.82, 2.24) is 0 Å². The topological polar surface area (TPSA) is 102 Å². The number of carboxylic acid groups (broad SMARTS) is 1. The van der Waals surface area contributed by atoms with Gasteiger partial charge in [-0.2, -0.15) is 0 Å². The Hall–Kier alpha value is -2.97. The lowest BCUT2D eigenvalue weighted by Crippen LogP contribution is -2.55. The van der Waals surface area contributed by atoms with Gasteiger partial charge in [0.1, 0.15) is 12.6 Å². The van der Waals surface area contributed by atoms with Crippen molar-refractivity contribution in [3.63, 3.8) is 0 Å². The number of likely N-dealkylation sites (N-methyl/N-ethyl adjacent to an activating group) is 1. The van der Waals surface area contributed by atoms with Crippen LogP contribution in [0.2, 0.25) is 0 Å². The number of esters is 2. The van der Waals surface area contributed by atoms with Gasteiger partial charge in [-0.3, -0.25) is 9.59 Å². The number of nitrogens with zero attached hydrogens (tertiary/aromatic N) is 1. The first-order chi connectivity index (χ1) is 33.6. The summed E-state index contributed by atoms with van der Waals surface area (Å²) in [5.41, 5.74) is 0. The Bertz CT molecular complexity index is 1310. The van der Waals surface area contributed by atoms with Crippen molar-refractivity contribution in [2.45, 2.75) is 270 Å². The van der Waals surface area contributed by atoms with E-state index in [1.54, 1.807) is 0 Å². The van der Waals surface area contributed by atoms with Gasteiger partial charge in [-0.15, -0.1) is 0 Å². The third-order valence-electron chi connectivity index (χ3n) is 12.9. The van der Waals surface area contributed by atoms with Crippen molar-refractivity contribution in [3.8, 4) is 0 Å². The zero-order chi connectivity index (χ0) is 50.6. The van der Waals surface area contributed by atoms with Crippen LogP contribution in [-0.2, 0) is 28.6 Å². The van der Waals surface area contributed by atoms with Gasteiger partial charge in [0.15, 0.2) is 6.10 Å². The highest BCUT2D eigenvalue weighted by molar-refractivity contribution is 5.70. The highest BCUT2D eigenvalue weighted by atomic mass is 16.6. The van der Waals surface area contributed by atoms with E-state index in [4.69, 9.17) is 14.2 Å². The van der Waals surface area contributed by atoms with Crippen molar-refractivity contribution in [2.24, 2.45) is 0 Å². The first-order valence-corrected chi connectivity index (χ1v) is 28.8. The van der Waals surface area contributed by atoms with Gasteiger partial charge in [0, 0.05) is 19.3 Å². The second-order valence-corrected chi connectivity index (χ2v) is 20.5. The molecule has 69 heavy (non-hydrogen) atoms. The van der Waals surface area contributed by atoms with E-state index in [-0.39, 0.29) is 42.7 Å². The van der Waals surface area contributed by atoms with E-state index in [1.165, 1.54) is 154 Å². The number of unbranched alkanes of at least 4 members (excludes halogenated alkanes) is 28. The second-order valence-electron chi connectivity index (χ2n) is 20.5. The Morgan fingerprint density at radius 2 is 0.812 bits per heavy atom. The minimum absolute atomic E-state index is 0.0376. The molecule has 2 atom stereocenters. The summed E-state index contributed by atoms with van der Waals surface area (Å²) in [6, 6.07) is -0.730. The average molecular weight is 969 g/mol. The van der Waals surface area contributed by atoms with Crippen LogP contribution in [0.15, 0.2) is 60.8 Å². The van der Waals surface area contributed by atoms with Crippen LogP contribution in [0.25, 0.3) is 0 Å². The number of hydrogen-bond donors (Lipinski definition) is 0. The third-order valence-corrected chi connectivity index (χ3v) is 12.9. The smallest absolute Gasteiger partial charge is 0.306 e. The molecule has 400 valence electrons. The monoisotopic (exact) mass is 968 g/mol. The number of carbonyl (C=O) groups excluding carboxylic acids is 3. The van der Waals surface area contributed by atoms with Crippen molar-refractivity contribution in [1.29, 1.82) is 0 Å². The van der Waals surface area contributed by atoms with E-state index in [0.29, 0.717) is 12.8 Å². The normalized spacial score (nSPS) is 13.2. The van der Waals surface area contributed by atoms with Gasteiger partial charge in [-0.25, -0.2) is 0 Å². The largest absolute Gasteiger partial charge is 0.544 e. The number of quaternary nitrogens is 1. The molecular weight excluding hydrogens is 859 g/mol. The first kappa shape index (κ1) is 66.0. The number of rotatable bonds is 52. The number of aliphatic carboxylic acids is 1. The van der Waals surface area contributed by atoms with E-state index in [9.17, 15) is 19.5 Å². The summed E-state index contributed by atoms with van der Waals surface area (Å²) >= 11 is 0. The van der Waals surface area contributed by atoms with Gasteiger partial charge < -0.3 is 28.6 Å². The summed E-state index contributed by atoms with van der Waals surface area (Å²) in [6.07, 6.45) is 65.5. The van der Waals surface area contributed by atoms with Crippen LogP contribution in [0.3, 0.4) is 0 Å². The Morgan fingerprint density at radius 3 is 1.20 bits per heavy atom. The predicted molar refractivity (Wildman–Crippen MR) is 291 cm³/mol. The van der Waals surface area contributed by atoms with Gasteiger partial charge in [0.05, 0.1) is 40.3 Å². The van der Waals surface area contributed by atoms with E-state index >= 15 is 0 Å². The molecule has 0 rings (SSSR count). The average Bonchev–Trinajstić information content (AvgIpc) is 3.31. The van der Waals surface area contributed by atoms with E-state index in [1.807, 2.05) is 21.1 Å². The molecule has 0 N–H and O–H groups in total.